The van der Waals surface area contributed by atoms with Gasteiger partial charge in [0.1, 0.15) is 0 Å². The first-order valence-electron chi connectivity index (χ1n) is 27.3. The summed E-state index contributed by atoms with van der Waals surface area (Å²) in [4.78, 5) is 3.37. The molecule has 0 N–H and O–H groups in total. The quantitative estimate of drug-likeness (QED) is 0.255. The minimum atomic E-state index is 0.635. The second-order valence-corrected chi connectivity index (χ2v) is 25.4. The Morgan fingerprint density at radius 2 is 0.789 bits per heavy atom. The number of rotatable bonds is 7. The van der Waals surface area contributed by atoms with Gasteiger partial charge in [0.2, 0.25) is 0 Å². The third-order valence-electron chi connectivity index (χ3n) is 21.6. The summed E-state index contributed by atoms with van der Waals surface area (Å²) < 4.78 is 7.56. The maximum atomic E-state index is 7.56. The fraction of sp³-hybridized carbons (Fsp3) is 1.00. The Morgan fingerprint density at radius 3 is 1.47 bits per heavy atom. The van der Waals surface area contributed by atoms with E-state index in [4.69, 9.17) is 4.74 Å². The second-order valence-electron chi connectivity index (χ2n) is 23.9. The third kappa shape index (κ3) is 8.19. The summed E-state index contributed by atoms with van der Waals surface area (Å²) >= 11 is 2.45. The van der Waals surface area contributed by atoms with Gasteiger partial charge in [-0.3, -0.25) is 4.90 Å². The molecule has 9 saturated carbocycles. The molecule has 11 rings (SSSR count). The highest BCUT2D eigenvalue weighted by atomic mass is 32.2. The molecule has 322 valence electrons. The van der Waals surface area contributed by atoms with Gasteiger partial charge in [-0.25, -0.2) is 0 Å². The van der Waals surface area contributed by atoms with E-state index in [-0.39, 0.29) is 0 Å². The zero-order chi connectivity index (χ0) is 37.7. The molecule has 57 heavy (non-hydrogen) atoms. The monoisotopic (exact) mass is 800 g/mol. The summed E-state index contributed by atoms with van der Waals surface area (Å²) in [6.07, 6.45) is 55.2. The van der Waals surface area contributed by atoms with E-state index in [9.17, 15) is 0 Å². The van der Waals surface area contributed by atoms with Crippen LogP contribution in [0, 0.1) is 71.0 Å². The molecule has 0 amide bonds. The van der Waals surface area contributed by atoms with Gasteiger partial charge in [-0.1, -0.05) is 96.3 Å². The smallest absolute Gasteiger partial charge is 0.0652 e. The van der Waals surface area contributed by atoms with Crippen molar-refractivity contribution in [3.8, 4) is 0 Å². The van der Waals surface area contributed by atoms with E-state index in [1.165, 1.54) is 109 Å². The van der Waals surface area contributed by atoms with Crippen molar-refractivity contribution in [2.45, 2.75) is 266 Å². The molecule has 0 aromatic rings. The zero-order valence-corrected chi connectivity index (χ0v) is 37.8. The van der Waals surface area contributed by atoms with Crippen LogP contribution in [0.2, 0.25) is 0 Å². The minimum absolute atomic E-state index is 0.635. The van der Waals surface area contributed by atoms with Crippen molar-refractivity contribution in [2.24, 2.45) is 71.0 Å². The van der Waals surface area contributed by atoms with Gasteiger partial charge in [-0.05, 0) is 194 Å². The summed E-state index contributed by atoms with van der Waals surface area (Å²) in [6, 6.07) is 2.73. The van der Waals surface area contributed by atoms with E-state index in [1.807, 2.05) is 0 Å². The average molecular weight is 800 g/mol. The van der Waals surface area contributed by atoms with Gasteiger partial charge in [0, 0.05) is 34.5 Å². The summed E-state index contributed by atoms with van der Waals surface area (Å²) in [5.41, 5.74) is 0. The van der Waals surface area contributed by atoms with E-state index in [1.54, 1.807) is 116 Å². The molecule has 11 atom stereocenters. The first kappa shape index (κ1) is 40.1. The molecule has 2 heterocycles. The number of hydrogen-bond acceptors (Lipinski definition) is 3. The van der Waals surface area contributed by atoms with Crippen LogP contribution in [-0.4, -0.2) is 45.7 Å². The molecular formula is C54H89NOS. The van der Waals surface area contributed by atoms with Crippen LogP contribution in [0.1, 0.15) is 225 Å². The standard InChI is InChI=1S/C54H89NOS/c1-3-11-36(12-4-1)38-25-29-43(30-26-38)55(44-31-27-39(28-32-44)37-13-5-2-6-14-37)45-16-9-15-42(35-45)40-21-23-41(24-22-40)46-18-10-19-47-48-33-34-51-52(54(48)56-53(46)47)49-17-7-8-20-50(49)57-51/h36-54H,1-35H2. The van der Waals surface area contributed by atoms with Gasteiger partial charge in [-0.2, -0.15) is 11.8 Å². The lowest BCUT2D eigenvalue weighted by Crippen LogP contribution is -2.54. The van der Waals surface area contributed by atoms with Crippen molar-refractivity contribution >= 4 is 11.8 Å². The van der Waals surface area contributed by atoms with Crippen LogP contribution in [0.4, 0.5) is 0 Å². The molecule has 2 nitrogen and oxygen atoms in total. The fourth-order valence-corrected chi connectivity index (χ4v) is 21.0. The Balaban J connectivity index is 0.727. The molecule has 0 radical (unpaired) electrons. The van der Waals surface area contributed by atoms with Gasteiger partial charge in [-0.15, -0.1) is 0 Å². The van der Waals surface area contributed by atoms with E-state index in [0.29, 0.717) is 12.2 Å². The van der Waals surface area contributed by atoms with Gasteiger partial charge < -0.3 is 4.74 Å². The lowest BCUT2D eigenvalue weighted by Gasteiger charge is -2.52. The summed E-state index contributed by atoms with van der Waals surface area (Å²) in [7, 11) is 0. The molecule has 11 unspecified atom stereocenters. The molecule has 0 bridgehead atoms. The lowest BCUT2D eigenvalue weighted by molar-refractivity contribution is -0.0755. The topological polar surface area (TPSA) is 12.5 Å². The molecule has 9 aliphatic carbocycles. The van der Waals surface area contributed by atoms with Crippen LogP contribution in [-0.2, 0) is 4.74 Å². The maximum absolute atomic E-state index is 7.56. The Hall–Kier alpha value is 0.270. The molecule has 2 saturated heterocycles. The van der Waals surface area contributed by atoms with Gasteiger partial charge in [0.15, 0.2) is 0 Å². The van der Waals surface area contributed by atoms with Crippen molar-refractivity contribution in [1.82, 2.24) is 4.90 Å². The van der Waals surface area contributed by atoms with Crippen molar-refractivity contribution in [1.29, 1.82) is 0 Å². The van der Waals surface area contributed by atoms with E-state index in [2.05, 4.69) is 16.7 Å². The Morgan fingerprint density at radius 1 is 0.298 bits per heavy atom. The van der Waals surface area contributed by atoms with Crippen molar-refractivity contribution in [2.75, 3.05) is 0 Å². The first-order valence-corrected chi connectivity index (χ1v) is 28.3. The van der Waals surface area contributed by atoms with Crippen molar-refractivity contribution in [3.05, 3.63) is 0 Å². The van der Waals surface area contributed by atoms with Crippen molar-refractivity contribution in [3.63, 3.8) is 0 Å². The van der Waals surface area contributed by atoms with Crippen LogP contribution >= 0.6 is 11.8 Å². The predicted octanol–water partition coefficient (Wildman–Crippen LogP) is 14.8. The SMILES string of the molecule is C1CCC(C2CCC(N(C3CCC(C4CCCCC4)CC3)C3CCCC(C4CCC(C5CCCC6C7CCC8SC9CCCCC9C8C7OC56)CC4)C3)CC2)CC1. The normalized spacial score (nSPS) is 50.2. The van der Waals surface area contributed by atoms with Crippen LogP contribution in [0.25, 0.3) is 0 Å². The van der Waals surface area contributed by atoms with E-state index >= 15 is 0 Å². The molecule has 0 aromatic carbocycles. The summed E-state index contributed by atoms with van der Waals surface area (Å²) in [5, 5.41) is 1.93. The van der Waals surface area contributed by atoms with Crippen LogP contribution in [0.3, 0.4) is 0 Å². The number of nitrogens with zero attached hydrogens (tertiary/aromatic N) is 1. The number of ether oxygens (including phenoxy) is 1. The molecule has 11 fully saturated rings. The molecule has 3 heteroatoms. The highest BCUT2D eigenvalue weighted by Gasteiger charge is 2.60. The molecular weight excluding hydrogens is 711 g/mol. The molecule has 0 aromatic heterocycles. The Labute approximate surface area is 356 Å². The van der Waals surface area contributed by atoms with Gasteiger partial charge in [0.25, 0.3) is 0 Å². The van der Waals surface area contributed by atoms with E-state index in [0.717, 1.165) is 99.6 Å². The highest BCUT2D eigenvalue weighted by molar-refractivity contribution is 8.00. The first-order chi connectivity index (χ1) is 28.2. The second kappa shape index (κ2) is 18.2. The third-order valence-corrected chi connectivity index (χ3v) is 23.4. The summed E-state index contributed by atoms with van der Waals surface area (Å²) in [6.45, 7) is 0. The van der Waals surface area contributed by atoms with Crippen LogP contribution in [0.15, 0.2) is 0 Å². The van der Waals surface area contributed by atoms with Crippen LogP contribution < -0.4 is 0 Å². The Kier molecular flexibility index (Phi) is 12.8. The van der Waals surface area contributed by atoms with Gasteiger partial charge in [0.05, 0.1) is 12.2 Å². The fourth-order valence-electron chi connectivity index (χ4n) is 18.9. The molecule has 2 aliphatic heterocycles. The zero-order valence-electron chi connectivity index (χ0n) is 37.0. The lowest BCUT2D eigenvalue weighted by atomic mass is 9.61. The predicted molar refractivity (Wildman–Crippen MR) is 241 cm³/mol. The van der Waals surface area contributed by atoms with Crippen LogP contribution in [0.5, 0.6) is 0 Å². The number of thioether (sulfide) groups is 1. The van der Waals surface area contributed by atoms with E-state index < -0.39 is 0 Å². The minimum Gasteiger partial charge on any atom is -0.374 e. The number of hydrogen-bond donors (Lipinski definition) is 0. The molecule has 11 aliphatic rings. The summed E-state index contributed by atoms with van der Waals surface area (Å²) in [5.74, 6) is 12.0. The maximum Gasteiger partial charge on any atom is 0.0652 e. The van der Waals surface area contributed by atoms with Gasteiger partial charge >= 0.3 is 0 Å². The highest BCUT2D eigenvalue weighted by Crippen LogP contribution is 2.62. The van der Waals surface area contributed by atoms with Crippen molar-refractivity contribution < 1.29 is 4.74 Å². The average Bonchev–Trinajstić information content (AvgIpc) is 3.87. The Bertz CT molecular complexity index is 1230. The largest absolute Gasteiger partial charge is 0.374 e. The number of fused-ring (bicyclic) bond motifs is 7. The molecule has 0 spiro atoms.